The summed E-state index contributed by atoms with van der Waals surface area (Å²) in [6.07, 6.45) is 0.982. The minimum atomic E-state index is 0.865. The van der Waals surface area contributed by atoms with Crippen LogP contribution in [0.2, 0.25) is 0 Å². The number of rotatable bonds is 3. The van der Waals surface area contributed by atoms with Gasteiger partial charge in [-0.15, -0.1) is 0 Å². The van der Waals surface area contributed by atoms with Crippen LogP contribution in [0.15, 0.2) is 30.3 Å². The molecule has 0 unspecified atom stereocenters. The maximum absolute atomic E-state index is 6.12. The van der Waals surface area contributed by atoms with E-state index in [0.717, 1.165) is 40.7 Å². The molecule has 0 amide bonds. The highest BCUT2D eigenvalue weighted by Gasteiger charge is 2.20. The summed E-state index contributed by atoms with van der Waals surface area (Å²) in [5, 5.41) is 6.71. The number of hydrogen-bond acceptors (Lipinski definition) is 4. The molecule has 0 saturated carbocycles. The number of aryl methyl sites for hydroxylation is 1. The molecule has 4 heteroatoms. The van der Waals surface area contributed by atoms with Crippen LogP contribution >= 0.6 is 0 Å². The summed E-state index contributed by atoms with van der Waals surface area (Å²) in [5.74, 6) is 1.74. The van der Waals surface area contributed by atoms with Crippen molar-refractivity contribution in [2.24, 2.45) is 0 Å². The van der Waals surface area contributed by atoms with Crippen molar-refractivity contribution < 1.29 is 4.74 Å². The van der Waals surface area contributed by atoms with Crippen LogP contribution < -0.4 is 20.3 Å². The van der Waals surface area contributed by atoms with E-state index in [2.05, 4.69) is 52.8 Å². The SMILES string of the molecule is CCc1cc(NC)c2c(c1)Oc1cc(N(C)C)ccc1N2. The highest BCUT2D eigenvalue weighted by molar-refractivity contribution is 5.86. The highest BCUT2D eigenvalue weighted by Crippen LogP contribution is 2.47. The smallest absolute Gasteiger partial charge is 0.153 e. The van der Waals surface area contributed by atoms with Crippen molar-refractivity contribution in [2.45, 2.75) is 13.3 Å². The van der Waals surface area contributed by atoms with Gasteiger partial charge in [0.05, 0.1) is 11.4 Å². The number of benzene rings is 2. The van der Waals surface area contributed by atoms with Crippen molar-refractivity contribution in [2.75, 3.05) is 36.7 Å². The van der Waals surface area contributed by atoms with E-state index >= 15 is 0 Å². The fourth-order valence-electron chi connectivity index (χ4n) is 2.51. The topological polar surface area (TPSA) is 36.5 Å². The standard InChI is InChI=1S/C17H21N3O/c1-5-11-8-14(18-2)17-16(9-11)21-15-10-12(20(3)4)6-7-13(15)19-17/h6-10,18-19H,5H2,1-4H3. The maximum atomic E-state index is 6.12. The zero-order valence-electron chi connectivity index (χ0n) is 12.9. The zero-order chi connectivity index (χ0) is 15.0. The number of nitrogens with one attached hydrogen (secondary N) is 2. The number of fused-ring (bicyclic) bond motifs is 2. The first-order valence-corrected chi connectivity index (χ1v) is 7.23. The van der Waals surface area contributed by atoms with Crippen LogP contribution in [0, 0.1) is 0 Å². The van der Waals surface area contributed by atoms with Crippen LogP contribution in [0.1, 0.15) is 12.5 Å². The Balaban J connectivity index is 2.05. The Morgan fingerprint density at radius 3 is 2.62 bits per heavy atom. The van der Waals surface area contributed by atoms with Crippen molar-refractivity contribution in [3.8, 4) is 11.5 Å². The lowest BCUT2D eigenvalue weighted by atomic mass is 10.1. The van der Waals surface area contributed by atoms with Gasteiger partial charge in [-0.1, -0.05) is 6.92 Å². The van der Waals surface area contributed by atoms with Crippen LogP contribution in [-0.4, -0.2) is 21.1 Å². The van der Waals surface area contributed by atoms with Gasteiger partial charge in [0.1, 0.15) is 5.69 Å². The minimum absolute atomic E-state index is 0.865. The summed E-state index contributed by atoms with van der Waals surface area (Å²) in [7, 11) is 5.99. The first-order valence-electron chi connectivity index (χ1n) is 7.23. The average molecular weight is 283 g/mol. The quantitative estimate of drug-likeness (QED) is 0.755. The van der Waals surface area contributed by atoms with Gasteiger partial charge in [-0.05, 0) is 36.2 Å². The molecule has 0 fully saturated rings. The number of nitrogens with zero attached hydrogens (tertiary/aromatic N) is 1. The van der Waals surface area contributed by atoms with Gasteiger partial charge in [0, 0.05) is 32.9 Å². The van der Waals surface area contributed by atoms with Crippen molar-refractivity contribution in [3.63, 3.8) is 0 Å². The number of ether oxygens (including phenoxy) is 1. The zero-order valence-corrected chi connectivity index (χ0v) is 12.9. The molecule has 0 aromatic heterocycles. The van der Waals surface area contributed by atoms with Crippen LogP contribution in [0.5, 0.6) is 11.5 Å². The largest absolute Gasteiger partial charge is 0.453 e. The molecule has 0 aliphatic carbocycles. The van der Waals surface area contributed by atoms with Gasteiger partial charge in [0.2, 0.25) is 0 Å². The van der Waals surface area contributed by atoms with Crippen LogP contribution in [0.3, 0.4) is 0 Å². The van der Waals surface area contributed by atoms with Gasteiger partial charge < -0.3 is 20.3 Å². The first-order chi connectivity index (χ1) is 10.1. The maximum Gasteiger partial charge on any atom is 0.153 e. The molecule has 1 aliphatic heterocycles. The van der Waals surface area contributed by atoms with Crippen LogP contribution in [0.4, 0.5) is 22.7 Å². The number of hydrogen-bond donors (Lipinski definition) is 2. The van der Waals surface area contributed by atoms with Crippen molar-refractivity contribution >= 4 is 22.7 Å². The van der Waals surface area contributed by atoms with Crippen LogP contribution in [-0.2, 0) is 6.42 Å². The summed E-state index contributed by atoms with van der Waals surface area (Å²) in [6.45, 7) is 2.15. The Bertz CT molecular complexity index is 680. The third-order valence-electron chi connectivity index (χ3n) is 3.80. The Kier molecular flexibility index (Phi) is 3.37. The minimum Gasteiger partial charge on any atom is -0.453 e. The summed E-state index contributed by atoms with van der Waals surface area (Å²) >= 11 is 0. The van der Waals surface area contributed by atoms with Crippen molar-refractivity contribution in [3.05, 3.63) is 35.9 Å². The molecule has 1 aliphatic rings. The van der Waals surface area contributed by atoms with Gasteiger partial charge in [-0.2, -0.15) is 0 Å². The Hall–Kier alpha value is -2.36. The third-order valence-corrected chi connectivity index (χ3v) is 3.80. The average Bonchev–Trinajstić information content (AvgIpc) is 2.51. The second-order valence-corrected chi connectivity index (χ2v) is 5.42. The van der Waals surface area contributed by atoms with E-state index in [1.807, 2.05) is 21.1 Å². The lowest BCUT2D eigenvalue weighted by Gasteiger charge is -2.26. The van der Waals surface area contributed by atoms with E-state index < -0.39 is 0 Å². The van der Waals surface area contributed by atoms with Crippen molar-refractivity contribution in [1.82, 2.24) is 0 Å². The monoisotopic (exact) mass is 283 g/mol. The second kappa shape index (κ2) is 5.20. The van der Waals surface area contributed by atoms with Crippen LogP contribution in [0.25, 0.3) is 0 Å². The second-order valence-electron chi connectivity index (χ2n) is 5.42. The molecule has 2 N–H and O–H groups in total. The Labute approximate surface area is 125 Å². The first kappa shape index (κ1) is 13.6. The molecular formula is C17H21N3O. The van der Waals surface area contributed by atoms with E-state index in [4.69, 9.17) is 4.74 Å². The molecule has 4 nitrogen and oxygen atoms in total. The highest BCUT2D eigenvalue weighted by atomic mass is 16.5. The molecule has 110 valence electrons. The predicted molar refractivity (Wildman–Crippen MR) is 89.5 cm³/mol. The summed E-state index contributed by atoms with van der Waals surface area (Å²) < 4.78 is 6.12. The molecular weight excluding hydrogens is 262 g/mol. The fraction of sp³-hybridized carbons (Fsp3) is 0.294. The lowest BCUT2D eigenvalue weighted by molar-refractivity contribution is 0.481. The normalized spacial score (nSPS) is 11.8. The molecule has 0 spiro atoms. The van der Waals surface area contributed by atoms with E-state index in [9.17, 15) is 0 Å². The molecule has 0 radical (unpaired) electrons. The van der Waals surface area contributed by atoms with Gasteiger partial charge >= 0.3 is 0 Å². The molecule has 0 bridgehead atoms. The summed E-state index contributed by atoms with van der Waals surface area (Å²) in [4.78, 5) is 2.07. The van der Waals surface area contributed by atoms with E-state index in [0.29, 0.717) is 0 Å². The predicted octanol–water partition coefficient (Wildman–Crippen LogP) is 4.21. The molecule has 0 saturated heterocycles. The molecule has 1 heterocycles. The van der Waals surface area contributed by atoms with E-state index in [1.54, 1.807) is 0 Å². The molecule has 2 aromatic rings. The summed E-state index contributed by atoms with van der Waals surface area (Å²) in [6, 6.07) is 10.5. The number of anilines is 4. The molecule has 2 aromatic carbocycles. The van der Waals surface area contributed by atoms with Gasteiger partial charge in [-0.25, -0.2) is 0 Å². The van der Waals surface area contributed by atoms with Crippen molar-refractivity contribution in [1.29, 1.82) is 0 Å². The lowest BCUT2D eigenvalue weighted by Crippen LogP contribution is -2.10. The van der Waals surface area contributed by atoms with E-state index in [1.165, 1.54) is 5.56 Å². The Morgan fingerprint density at radius 2 is 1.95 bits per heavy atom. The van der Waals surface area contributed by atoms with Gasteiger partial charge in [0.15, 0.2) is 11.5 Å². The molecule has 21 heavy (non-hydrogen) atoms. The molecule has 3 rings (SSSR count). The summed E-state index contributed by atoms with van der Waals surface area (Å²) in [5.41, 5.74) is 5.44. The Morgan fingerprint density at radius 1 is 1.14 bits per heavy atom. The third kappa shape index (κ3) is 2.37. The van der Waals surface area contributed by atoms with Gasteiger partial charge in [-0.3, -0.25) is 0 Å². The molecule has 0 atom stereocenters. The van der Waals surface area contributed by atoms with Gasteiger partial charge in [0.25, 0.3) is 0 Å². The van der Waals surface area contributed by atoms with E-state index in [-0.39, 0.29) is 0 Å². The fourth-order valence-corrected chi connectivity index (χ4v) is 2.51.